The molecule has 1 saturated heterocycles. The summed E-state index contributed by atoms with van der Waals surface area (Å²) in [6.45, 7) is 1.22. The van der Waals surface area contributed by atoms with Crippen molar-refractivity contribution in [1.29, 1.82) is 0 Å². The quantitative estimate of drug-likeness (QED) is 0.705. The second-order valence-corrected chi connectivity index (χ2v) is 7.19. The lowest BCUT2D eigenvalue weighted by molar-refractivity contribution is 0.0945. The van der Waals surface area contributed by atoms with Crippen LogP contribution in [0.2, 0.25) is 0 Å². The minimum Gasteiger partial charge on any atom is -0.352 e. The minimum atomic E-state index is -0.786. The van der Waals surface area contributed by atoms with Gasteiger partial charge in [-0.3, -0.25) is 4.79 Å². The highest BCUT2D eigenvalue weighted by Gasteiger charge is 2.23. The Labute approximate surface area is 171 Å². The highest BCUT2D eigenvalue weighted by Crippen LogP contribution is 2.21. The van der Waals surface area contributed by atoms with Gasteiger partial charge in [0, 0.05) is 31.4 Å². The standard InChI is InChI=1S/C21H21F4N3O2/c22-14-1-2-19(25)18(12-14)20(29)26-6-3-13-4-7-28(8-5-13)21(30)27-17-10-15(23)9-16(24)11-17/h1-2,9-13H,3-8H2,(H,26,29)(H,27,30). The van der Waals surface area contributed by atoms with Gasteiger partial charge in [0.05, 0.1) is 5.56 Å². The molecule has 0 saturated carbocycles. The predicted octanol–water partition coefficient (Wildman–Crippen LogP) is 4.31. The molecular weight excluding hydrogens is 402 g/mol. The molecule has 0 unspecified atom stereocenters. The molecule has 1 heterocycles. The van der Waals surface area contributed by atoms with Crippen molar-refractivity contribution >= 4 is 17.6 Å². The van der Waals surface area contributed by atoms with Gasteiger partial charge < -0.3 is 15.5 Å². The first-order valence-corrected chi connectivity index (χ1v) is 9.57. The topological polar surface area (TPSA) is 61.4 Å². The van der Waals surface area contributed by atoms with E-state index in [9.17, 15) is 27.2 Å². The number of carbonyl (C=O) groups is 2. The number of amides is 3. The number of hydrogen-bond donors (Lipinski definition) is 2. The van der Waals surface area contributed by atoms with Gasteiger partial charge in [-0.05, 0) is 55.5 Å². The number of nitrogens with one attached hydrogen (secondary N) is 2. The number of piperidine rings is 1. The van der Waals surface area contributed by atoms with E-state index >= 15 is 0 Å². The number of carbonyl (C=O) groups excluding carboxylic acids is 2. The van der Waals surface area contributed by atoms with Crippen LogP contribution >= 0.6 is 0 Å². The van der Waals surface area contributed by atoms with Gasteiger partial charge in [0.2, 0.25) is 0 Å². The van der Waals surface area contributed by atoms with Gasteiger partial charge in [-0.15, -0.1) is 0 Å². The fourth-order valence-corrected chi connectivity index (χ4v) is 3.41. The SMILES string of the molecule is O=C(NCCC1CCN(C(=O)Nc2cc(F)cc(F)c2)CC1)c1cc(F)ccc1F. The van der Waals surface area contributed by atoms with Crippen molar-refractivity contribution in [2.45, 2.75) is 19.3 Å². The third-order valence-electron chi connectivity index (χ3n) is 5.03. The normalized spacial score (nSPS) is 14.5. The first kappa shape index (κ1) is 21.6. The molecule has 0 aliphatic carbocycles. The van der Waals surface area contributed by atoms with Crippen molar-refractivity contribution in [1.82, 2.24) is 10.2 Å². The highest BCUT2D eigenvalue weighted by atomic mass is 19.1. The zero-order valence-corrected chi connectivity index (χ0v) is 16.1. The number of urea groups is 1. The van der Waals surface area contributed by atoms with Crippen molar-refractivity contribution in [3.63, 3.8) is 0 Å². The number of likely N-dealkylation sites (tertiary alicyclic amines) is 1. The molecule has 0 aromatic heterocycles. The summed E-state index contributed by atoms with van der Waals surface area (Å²) in [5.41, 5.74) is -0.290. The van der Waals surface area contributed by atoms with Gasteiger partial charge in [0.1, 0.15) is 23.3 Å². The lowest BCUT2D eigenvalue weighted by Gasteiger charge is -2.32. The Balaban J connectivity index is 1.41. The Bertz CT molecular complexity index is 910. The average Bonchev–Trinajstić information content (AvgIpc) is 2.69. The Morgan fingerprint density at radius 1 is 0.933 bits per heavy atom. The van der Waals surface area contributed by atoms with Crippen molar-refractivity contribution in [2.75, 3.05) is 25.0 Å². The third kappa shape index (κ3) is 5.71. The smallest absolute Gasteiger partial charge is 0.321 e. The van der Waals surface area contributed by atoms with Crippen LogP contribution in [0.5, 0.6) is 0 Å². The molecule has 30 heavy (non-hydrogen) atoms. The summed E-state index contributed by atoms with van der Waals surface area (Å²) >= 11 is 0. The summed E-state index contributed by atoms with van der Waals surface area (Å²) in [6.07, 6.45) is 2.01. The lowest BCUT2D eigenvalue weighted by atomic mass is 9.93. The molecule has 0 bridgehead atoms. The maximum atomic E-state index is 13.6. The van der Waals surface area contributed by atoms with Gasteiger partial charge in [-0.2, -0.15) is 0 Å². The summed E-state index contributed by atoms with van der Waals surface area (Å²) in [6, 6.07) is 5.07. The molecule has 0 atom stereocenters. The van der Waals surface area contributed by atoms with E-state index in [0.29, 0.717) is 38.9 Å². The molecule has 1 aliphatic rings. The number of rotatable bonds is 5. The highest BCUT2D eigenvalue weighted by molar-refractivity contribution is 5.94. The van der Waals surface area contributed by atoms with Crippen LogP contribution in [0.25, 0.3) is 0 Å². The van der Waals surface area contributed by atoms with Crippen LogP contribution in [-0.2, 0) is 0 Å². The van der Waals surface area contributed by atoms with Gasteiger partial charge in [-0.1, -0.05) is 0 Å². The zero-order chi connectivity index (χ0) is 21.7. The van der Waals surface area contributed by atoms with Crippen molar-refractivity contribution < 1.29 is 27.2 Å². The molecule has 3 amide bonds. The van der Waals surface area contributed by atoms with Crippen molar-refractivity contribution in [3.05, 3.63) is 65.2 Å². The molecule has 160 valence electrons. The Hall–Kier alpha value is -3.10. The zero-order valence-electron chi connectivity index (χ0n) is 16.1. The van der Waals surface area contributed by atoms with Crippen LogP contribution in [0, 0.1) is 29.2 Å². The summed E-state index contributed by atoms with van der Waals surface area (Å²) in [7, 11) is 0. The summed E-state index contributed by atoms with van der Waals surface area (Å²) in [5.74, 6) is -3.45. The van der Waals surface area contributed by atoms with Crippen LogP contribution in [0.1, 0.15) is 29.6 Å². The van der Waals surface area contributed by atoms with E-state index in [1.165, 1.54) is 0 Å². The molecule has 2 aromatic rings. The van der Waals surface area contributed by atoms with E-state index < -0.39 is 35.2 Å². The van der Waals surface area contributed by atoms with E-state index in [1.54, 1.807) is 4.90 Å². The molecule has 0 radical (unpaired) electrons. The maximum absolute atomic E-state index is 13.6. The Kier molecular flexibility index (Phi) is 6.91. The van der Waals surface area contributed by atoms with E-state index in [-0.39, 0.29) is 17.2 Å². The predicted molar refractivity (Wildman–Crippen MR) is 103 cm³/mol. The number of anilines is 1. The molecule has 9 heteroatoms. The Morgan fingerprint density at radius 3 is 2.27 bits per heavy atom. The maximum Gasteiger partial charge on any atom is 0.321 e. The summed E-state index contributed by atoms with van der Waals surface area (Å²) < 4.78 is 53.2. The molecule has 1 fully saturated rings. The Morgan fingerprint density at radius 2 is 1.60 bits per heavy atom. The minimum absolute atomic E-state index is 0.0481. The van der Waals surface area contributed by atoms with Crippen molar-refractivity contribution in [3.8, 4) is 0 Å². The number of nitrogens with zero attached hydrogens (tertiary/aromatic N) is 1. The molecule has 2 aromatic carbocycles. The molecule has 3 rings (SSSR count). The molecule has 5 nitrogen and oxygen atoms in total. The first-order chi connectivity index (χ1) is 14.3. The van der Waals surface area contributed by atoms with Gasteiger partial charge >= 0.3 is 6.03 Å². The molecular formula is C21H21F4N3O2. The lowest BCUT2D eigenvalue weighted by Crippen LogP contribution is -2.41. The molecule has 1 aliphatic heterocycles. The first-order valence-electron chi connectivity index (χ1n) is 9.57. The van der Waals surface area contributed by atoms with Crippen LogP contribution in [0.15, 0.2) is 36.4 Å². The second-order valence-electron chi connectivity index (χ2n) is 7.19. The largest absolute Gasteiger partial charge is 0.352 e. The van der Waals surface area contributed by atoms with Gasteiger partial charge in [-0.25, -0.2) is 22.4 Å². The van der Waals surface area contributed by atoms with Gasteiger partial charge in [0.25, 0.3) is 5.91 Å². The monoisotopic (exact) mass is 423 g/mol. The number of benzene rings is 2. The van der Waals surface area contributed by atoms with Crippen LogP contribution in [0.3, 0.4) is 0 Å². The van der Waals surface area contributed by atoms with Crippen LogP contribution < -0.4 is 10.6 Å². The van der Waals surface area contributed by atoms with Crippen molar-refractivity contribution in [2.24, 2.45) is 5.92 Å². The fraction of sp³-hybridized carbons (Fsp3) is 0.333. The average molecular weight is 423 g/mol. The van der Waals surface area contributed by atoms with E-state index in [4.69, 9.17) is 0 Å². The third-order valence-corrected chi connectivity index (χ3v) is 5.03. The fourth-order valence-electron chi connectivity index (χ4n) is 3.41. The van der Waals surface area contributed by atoms with E-state index in [2.05, 4.69) is 10.6 Å². The van der Waals surface area contributed by atoms with E-state index in [0.717, 1.165) is 36.4 Å². The summed E-state index contributed by atoms with van der Waals surface area (Å²) in [5, 5.41) is 5.06. The summed E-state index contributed by atoms with van der Waals surface area (Å²) in [4.78, 5) is 25.8. The van der Waals surface area contributed by atoms with Gasteiger partial charge in [0.15, 0.2) is 0 Å². The van der Waals surface area contributed by atoms with E-state index in [1.807, 2.05) is 0 Å². The number of halogens is 4. The van der Waals surface area contributed by atoms with Crippen LogP contribution in [0.4, 0.5) is 28.0 Å². The molecule has 2 N–H and O–H groups in total. The van der Waals surface area contributed by atoms with Crippen LogP contribution in [-0.4, -0.2) is 36.5 Å². The molecule has 0 spiro atoms. The second kappa shape index (κ2) is 9.60. The number of hydrogen-bond acceptors (Lipinski definition) is 2.